The first-order valence-electron chi connectivity index (χ1n) is 11.1. The van der Waals surface area contributed by atoms with Gasteiger partial charge in [-0.1, -0.05) is 23.5 Å². The van der Waals surface area contributed by atoms with Crippen LogP contribution in [0.1, 0.15) is 64.2 Å². The van der Waals surface area contributed by atoms with Crippen LogP contribution in [0.2, 0.25) is 0 Å². The number of aromatic nitrogens is 2. The second-order valence-corrected chi connectivity index (χ2v) is 10.8. The van der Waals surface area contributed by atoms with Gasteiger partial charge in [-0.3, -0.25) is 19.3 Å². The summed E-state index contributed by atoms with van der Waals surface area (Å²) in [6, 6.07) is 6.88. The number of hydrogen-bond donors (Lipinski definition) is 1. The van der Waals surface area contributed by atoms with Crippen molar-refractivity contribution in [3.63, 3.8) is 0 Å². The third-order valence-electron chi connectivity index (χ3n) is 7.63. The second kappa shape index (κ2) is 6.95. The van der Waals surface area contributed by atoms with Crippen LogP contribution in [0.15, 0.2) is 24.3 Å². The fourth-order valence-electron chi connectivity index (χ4n) is 6.67. The molecule has 1 N–H and O–H groups in total. The molecule has 5 aliphatic rings. The van der Waals surface area contributed by atoms with Crippen LogP contribution in [0.5, 0.6) is 0 Å². The lowest BCUT2D eigenvalue weighted by atomic mass is 9.49. The van der Waals surface area contributed by atoms with E-state index in [0.717, 1.165) is 19.3 Å². The summed E-state index contributed by atoms with van der Waals surface area (Å²) in [5, 5.41) is 12.6. The third-order valence-corrected chi connectivity index (χ3v) is 8.53. The highest BCUT2D eigenvalue weighted by atomic mass is 32.1. The number of imide groups is 1. The lowest BCUT2D eigenvalue weighted by molar-refractivity contribution is -0.140. The molecule has 7 nitrogen and oxygen atoms in total. The molecule has 160 valence electrons. The van der Waals surface area contributed by atoms with Crippen LogP contribution in [-0.2, 0) is 11.2 Å². The number of carbonyl (C=O) groups excluding carboxylic acids is 3. The van der Waals surface area contributed by atoms with Gasteiger partial charge in [0, 0.05) is 13.0 Å². The van der Waals surface area contributed by atoms with Crippen molar-refractivity contribution in [3.8, 4) is 0 Å². The maximum Gasteiger partial charge on any atom is 0.261 e. The normalized spacial score (nSPS) is 30.7. The summed E-state index contributed by atoms with van der Waals surface area (Å²) in [6.07, 6.45) is 7.35. The van der Waals surface area contributed by atoms with Crippen molar-refractivity contribution < 1.29 is 14.4 Å². The molecule has 3 amide bonds. The Morgan fingerprint density at radius 2 is 1.58 bits per heavy atom. The maximum absolute atomic E-state index is 13.2. The molecule has 4 fully saturated rings. The number of carbonyl (C=O) groups is 3. The Bertz CT molecular complexity index is 1020. The van der Waals surface area contributed by atoms with Crippen LogP contribution in [0, 0.1) is 23.2 Å². The van der Waals surface area contributed by atoms with E-state index in [0.29, 0.717) is 45.4 Å². The van der Waals surface area contributed by atoms with E-state index in [1.807, 2.05) is 0 Å². The SMILES string of the molecule is O=C1c2ccccc2C(=O)N1CCc1nnc(NC(=O)C23CC4CC(CC(C4)C2)C3)s1. The monoisotopic (exact) mass is 436 g/mol. The van der Waals surface area contributed by atoms with Crippen LogP contribution in [0.3, 0.4) is 0 Å². The highest BCUT2D eigenvalue weighted by Gasteiger charge is 2.54. The third kappa shape index (κ3) is 3.11. The molecule has 0 saturated heterocycles. The molecule has 8 heteroatoms. The Morgan fingerprint density at radius 1 is 1.00 bits per heavy atom. The summed E-state index contributed by atoms with van der Waals surface area (Å²) in [4.78, 5) is 39.4. The lowest BCUT2D eigenvalue weighted by Crippen LogP contribution is -2.51. The number of rotatable bonds is 5. The topological polar surface area (TPSA) is 92.3 Å². The average Bonchev–Trinajstić information content (AvgIpc) is 3.28. The van der Waals surface area contributed by atoms with E-state index in [1.165, 1.54) is 35.5 Å². The zero-order chi connectivity index (χ0) is 21.2. The molecule has 0 radical (unpaired) electrons. The number of anilines is 1. The molecule has 0 unspecified atom stereocenters. The molecule has 4 aliphatic carbocycles. The smallest absolute Gasteiger partial charge is 0.261 e. The average molecular weight is 437 g/mol. The van der Waals surface area contributed by atoms with E-state index >= 15 is 0 Å². The maximum atomic E-state index is 13.2. The Kier molecular flexibility index (Phi) is 4.28. The molecule has 4 saturated carbocycles. The fourth-order valence-corrected chi connectivity index (χ4v) is 7.40. The lowest BCUT2D eigenvalue weighted by Gasteiger charge is -2.55. The van der Waals surface area contributed by atoms with E-state index in [9.17, 15) is 14.4 Å². The van der Waals surface area contributed by atoms with Gasteiger partial charge in [0.25, 0.3) is 11.8 Å². The van der Waals surface area contributed by atoms with Gasteiger partial charge in [0.2, 0.25) is 11.0 Å². The van der Waals surface area contributed by atoms with E-state index in [2.05, 4.69) is 15.5 Å². The van der Waals surface area contributed by atoms with Crippen molar-refractivity contribution in [2.45, 2.75) is 44.9 Å². The minimum absolute atomic E-state index is 0.106. The molecule has 1 aromatic heterocycles. The van der Waals surface area contributed by atoms with Gasteiger partial charge in [0.15, 0.2) is 0 Å². The van der Waals surface area contributed by atoms with Gasteiger partial charge >= 0.3 is 0 Å². The molecule has 0 atom stereocenters. The van der Waals surface area contributed by atoms with Crippen LogP contribution < -0.4 is 5.32 Å². The highest BCUT2D eigenvalue weighted by molar-refractivity contribution is 7.15. The fraction of sp³-hybridized carbons (Fsp3) is 0.522. The Hall–Kier alpha value is -2.61. The van der Waals surface area contributed by atoms with Gasteiger partial charge in [-0.25, -0.2) is 0 Å². The summed E-state index contributed by atoms with van der Waals surface area (Å²) in [7, 11) is 0. The summed E-state index contributed by atoms with van der Waals surface area (Å²) in [6.45, 7) is 0.254. The zero-order valence-corrected chi connectivity index (χ0v) is 18.0. The molecule has 1 aliphatic heterocycles. The number of nitrogens with one attached hydrogen (secondary N) is 1. The summed E-state index contributed by atoms with van der Waals surface area (Å²) < 4.78 is 0. The van der Waals surface area contributed by atoms with Crippen LogP contribution in [-0.4, -0.2) is 39.4 Å². The van der Waals surface area contributed by atoms with Crippen molar-refractivity contribution in [1.82, 2.24) is 15.1 Å². The predicted octanol–water partition coefficient (Wildman–Crippen LogP) is 3.53. The first-order chi connectivity index (χ1) is 15.0. The van der Waals surface area contributed by atoms with Gasteiger partial charge in [-0.05, 0) is 68.4 Å². The van der Waals surface area contributed by atoms with Gasteiger partial charge < -0.3 is 5.32 Å². The van der Waals surface area contributed by atoms with Crippen molar-refractivity contribution in [2.75, 3.05) is 11.9 Å². The van der Waals surface area contributed by atoms with Crippen molar-refractivity contribution >= 4 is 34.2 Å². The molecule has 2 heterocycles. The van der Waals surface area contributed by atoms with Crippen molar-refractivity contribution in [2.24, 2.45) is 23.2 Å². The summed E-state index contributed by atoms with van der Waals surface area (Å²) >= 11 is 1.33. The Balaban J connectivity index is 1.10. The molecular formula is C23H24N4O3S. The largest absolute Gasteiger partial charge is 0.300 e. The highest BCUT2D eigenvalue weighted by Crippen LogP contribution is 2.60. The number of fused-ring (bicyclic) bond motifs is 1. The molecule has 4 bridgehead atoms. The standard InChI is InChI=1S/C23H24N4O3S/c28-19-16-3-1-2-4-17(16)20(29)27(19)6-5-18-25-26-22(31-18)24-21(30)23-10-13-7-14(11-23)9-15(8-13)12-23/h1-4,13-15H,5-12H2,(H,24,26,30). The number of benzene rings is 1. The van der Waals surface area contributed by atoms with E-state index in [1.54, 1.807) is 24.3 Å². The molecule has 0 spiro atoms. The molecule has 1 aromatic carbocycles. The molecular weight excluding hydrogens is 412 g/mol. The summed E-state index contributed by atoms with van der Waals surface area (Å²) in [5.74, 6) is 1.71. The zero-order valence-electron chi connectivity index (χ0n) is 17.2. The number of hydrogen-bond acceptors (Lipinski definition) is 6. The minimum atomic E-state index is -0.263. The molecule has 2 aromatic rings. The molecule has 31 heavy (non-hydrogen) atoms. The van der Waals surface area contributed by atoms with Gasteiger partial charge in [-0.15, -0.1) is 10.2 Å². The second-order valence-electron chi connectivity index (χ2n) is 9.71. The van der Waals surface area contributed by atoms with Crippen LogP contribution in [0.4, 0.5) is 5.13 Å². The van der Waals surface area contributed by atoms with E-state index in [-0.39, 0.29) is 29.7 Å². The van der Waals surface area contributed by atoms with Crippen molar-refractivity contribution in [3.05, 3.63) is 40.4 Å². The van der Waals surface area contributed by atoms with Crippen LogP contribution >= 0.6 is 11.3 Å². The quantitative estimate of drug-likeness (QED) is 0.724. The van der Waals surface area contributed by atoms with Gasteiger partial charge in [0.1, 0.15) is 5.01 Å². The Labute approximate surface area is 184 Å². The van der Waals surface area contributed by atoms with Crippen molar-refractivity contribution in [1.29, 1.82) is 0 Å². The first kappa shape index (κ1) is 19.1. The Morgan fingerprint density at radius 3 is 2.16 bits per heavy atom. The van der Waals surface area contributed by atoms with Gasteiger partial charge in [0.05, 0.1) is 16.5 Å². The predicted molar refractivity (Wildman–Crippen MR) is 115 cm³/mol. The van der Waals surface area contributed by atoms with E-state index in [4.69, 9.17) is 0 Å². The number of amides is 3. The van der Waals surface area contributed by atoms with E-state index < -0.39 is 0 Å². The van der Waals surface area contributed by atoms with Gasteiger partial charge in [-0.2, -0.15) is 0 Å². The molecule has 7 rings (SSSR count). The minimum Gasteiger partial charge on any atom is -0.300 e. The first-order valence-corrected chi connectivity index (χ1v) is 11.9. The summed E-state index contributed by atoms with van der Waals surface area (Å²) in [5.41, 5.74) is 0.683. The van der Waals surface area contributed by atoms with Crippen LogP contribution in [0.25, 0.3) is 0 Å². The number of nitrogens with zero attached hydrogens (tertiary/aromatic N) is 3.